The second-order valence-electron chi connectivity index (χ2n) is 4.33. The maximum atomic E-state index is 12.4. The van der Waals surface area contributed by atoms with Crippen LogP contribution in [0.1, 0.15) is 25.7 Å². The lowest BCUT2D eigenvalue weighted by atomic mass is 10.1. The van der Waals surface area contributed by atoms with Gasteiger partial charge in [0.15, 0.2) is 0 Å². The summed E-state index contributed by atoms with van der Waals surface area (Å²) in [6, 6.07) is 9.16. The van der Waals surface area contributed by atoms with Crippen molar-refractivity contribution < 1.29 is 14.3 Å². The van der Waals surface area contributed by atoms with Crippen LogP contribution in [-0.2, 0) is 16.0 Å². The minimum Gasteiger partial charge on any atom is -0.469 e. The Bertz CT molecular complexity index is 661. The summed E-state index contributed by atoms with van der Waals surface area (Å²) in [6.07, 6.45) is 0.198. The monoisotopic (exact) mass is 352 g/mol. The molecule has 0 N–H and O–H groups in total. The Hall–Kier alpha value is -1.46. The normalized spacial score (nSPS) is 10.3. The maximum absolute atomic E-state index is 12.4. The van der Waals surface area contributed by atoms with E-state index in [9.17, 15) is 9.59 Å². The Balaban J connectivity index is 2.23. The van der Waals surface area contributed by atoms with E-state index in [1.807, 2.05) is 19.1 Å². The molecule has 1 aromatic heterocycles. The van der Waals surface area contributed by atoms with E-state index < -0.39 is 0 Å². The van der Waals surface area contributed by atoms with Crippen LogP contribution >= 0.6 is 27.3 Å². The number of benzene rings is 1. The van der Waals surface area contributed by atoms with Gasteiger partial charge in [-0.1, -0.05) is 22.0 Å². The molecule has 0 fully saturated rings. The Morgan fingerprint density at radius 2 is 2.00 bits per heavy atom. The number of ketones is 1. The standard InChI is InChI=1S/C15H13BrO3S/c1-9-3-5-11(12(16)7-9)15(18)13-6-4-10(20-13)8-14(17)19-2/h3-7H,8H2,1-2H3. The van der Waals surface area contributed by atoms with Gasteiger partial charge >= 0.3 is 5.97 Å². The van der Waals surface area contributed by atoms with Crippen molar-refractivity contribution in [1.82, 2.24) is 0 Å². The Morgan fingerprint density at radius 3 is 2.65 bits per heavy atom. The molecular weight excluding hydrogens is 340 g/mol. The van der Waals surface area contributed by atoms with Crippen LogP contribution in [0.2, 0.25) is 0 Å². The van der Waals surface area contributed by atoms with Crippen molar-refractivity contribution in [3.63, 3.8) is 0 Å². The van der Waals surface area contributed by atoms with E-state index in [1.54, 1.807) is 18.2 Å². The fourth-order valence-corrected chi connectivity index (χ4v) is 3.37. The molecule has 0 atom stereocenters. The molecule has 0 amide bonds. The number of esters is 1. The zero-order valence-corrected chi connectivity index (χ0v) is 13.5. The fourth-order valence-electron chi connectivity index (χ4n) is 1.75. The van der Waals surface area contributed by atoms with Crippen molar-refractivity contribution >= 4 is 39.0 Å². The molecule has 0 bridgehead atoms. The van der Waals surface area contributed by atoms with Gasteiger partial charge in [-0.15, -0.1) is 11.3 Å². The number of hydrogen-bond donors (Lipinski definition) is 0. The zero-order chi connectivity index (χ0) is 14.7. The third kappa shape index (κ3) is 3.35. The lowest BCUT2D eigenvalue weighted by Crippen LogP contribution is -2.02. The molecule has 104 valence electrons. The van der Waals surface area contributed by atoms with E-state index in [4.69, 9.17) is 0 Å². The van der Waals surface area contributed by atoms with Gasteiger partial charge in [0.2, 0.25) is 5.78 Å². The number of halogens is 1. The summed E-state index contributed by atoms with van der Waals surface area (Å²) in [6.45, 7) is 1.97. The highest BCUT2D eigenvalue weighted by molar-refractivity contribution is 9.10. The van der Waals surface area contributed by atoms with Crippen LogP contribution in [0.4, 0.5) is 0 Å². The summed E-state index contributed by atoms with van der Waals surface area (Å²) < 4.78 is 5.40. The van der Waals surface area contributed by atoms with E-state index in [-0.39, 0.29) is 18.2 Å². The summed E-state index contributed by atoms with van der Waals surface area (Å²) in [5.74, 6) is -0.347. The lowest BCUT2D eigenvalue weighted by Gasteiger charge is -2.03. The quantitative estimate of drug-likeness (QED) is 0.621. The predicted octanol–water partition coefficient (Wildman–Crippen LogP) is 3.77. The van der Waals surface area contributed by atoms with Crippen LogP contribution < -0.4 is 0 Å². The van der Waals surface area contributed by atoms with E-state index >= 15 is 0 Å². The van der Waals surface area contributed by atoms with Gasteiger partial charge in [0.05, 0.1) is 18.4 Å². The number of thiophene rings is 1. The molecule has 20 heavy (non-hydrogen) atoms. The van der Waals surface area contributed by atoms with Crippen LogP contribution in [0.15, 0.2) is 34.8 Å². The topological polar surface area (TPSA) is 43.4 Å². The first kappa shape index (κ1) is 14.9. The van der Waals surface area contributed by atoms with Gasteiger partial charge in [-0.2, -0.15) is 0 Å². The lowest BCUT2D eigenvalue weighted by molar-refractivity contribution is -0.139. The molecule has 2 rings (SSSR count). The number of ether oxygens (including phenoxy) is 1. The molecule has 1 aromatic carbocycles. The minimum absolute atomic E-state index is 0.0435. The Kier molecular flexibility index (Phi) is 4.73. The van der Waals surface area contributed by atoms with Crippen molar-refractivity contribution in [3.05, 3.63) is 55.7 Å². The number of carbonyl (C=O) groups excluding carboxylic acids is 2. The van der Waals surface area contributed by atoms with E-state index in [2.05, 4.69) is 20.7 Å². The molecule has 2 aromatic rings. The first-order valence-corrected chi connectivity index (χ1v) is 7.58. The van der Waals surface area contributed by atoms with Crippen molar-refractivity contribution in [3.8, 4) is 0 Å². The highest BCUT2D eigenvalue weighted by Gasteiger charge is 2.16. The summed E-state index contributed by atoms with van der Waals surface area (Å²) in [5, 5.41) is 0. The molecule has 0 aliphatic rings. The molecule has 1 heterocycles. The summed E-state index contributed by atoms with van der Waals surface area (Å²) in [7, 11) is 1.35. The smallest absolute Gasteiger partial charge is 0.310 e. The number of hydrogen-bond acceptors (Lipinski definition) is 4. The third-order valence-corrected chi connectivity index (χ3v) is 4.54. The number of rotatable bonds is 4. The molecular formula is C15H13BrO3S. The summed E-state index contributed by atoms with van der Waals surface area (Å²) in [4.78, 5) is 25.1. The van der Waals surface area contributed by atoms with Crippen molar-refractivity contribution in [1.29, 1.82) is 0 Å². The van der Waals surface area contributed by atoms with Gasteiger partial charge in [-0.3, -0.25) is 9.59 Å². The first-order chi connectivity index (χ1) is 9.51. The highest BCUT2D eigenvalue weighted by Crippen LogP contribution is 2.25. The highest BCUT2D eigenvalue weighted by atomic mass is 79.9. The van der Waals surface area contributed by atoms with E-state index in [0.29, 0.717) is 10.4 Å². The van der Waals surface area contributed by atoms with Gasteiger partial charge in [-0.05, 0) is 36.8 Å². The van der Waals surface area contributed by atoms with Gasteiger partial charge in [0.25, 0.3) is 0 Å². The van der Waals surface area contributed by atoms with E-state index in [1.165, 1.54) is 18.4 Å². The SMILES string of the molecule is COC(=O)Cc1ccc(C(=O)c2ccc(C)cc2Br)s1. The molecule has 0 aliphatic heterocycles. The Morgan fingerprint density at radius 1 is 1.25 bits per heavy atom. The van der Waals surface area contributed by atoms with Crippen molar-refractivity contribution in [2.24, 2.45) is 0 Å². The zero-order valence-electron chi connectivity index (χ0n) is 11.1. The molecule has 0 aliphatic carbocycles. The predicted molar refractivity (Wildman–Crippen MR) is 82.4 cm³/mol. The van der Waals surface area contributed by atoms with Gasteiger partial charge in [0, 0.05) is 14.9 Å². The average Bonchev–Trinajstić information content (AvgIpc) is 2.86. The van der Waals surface area contributed by atoms with Crippen molar-refractivity contribution in [2.75, 3.05) is 7.11 Å². The van der Waals surface area contributed by atoms with Crippen molar-refractivity contribution in [2.45, 2.75) is 13.3 Å². The van der Waals surface area contributed by atoms with Gasteiger partial charge in [0.1, 0.15) is 0 Å². The third-order valence-electron chi connectivity index (χ3n) is 2.80. The number of carbonyl (C=O) groups is 2. The maximum Gasteiger partial charge on any atom is 0.310 e. The van der Waals surface area contributed by atoms with Gasteiger partial charge < -0.3 is 4.74 Å². The molecule has 5 heteroatoms. The second-order valence-corrected chi connectivity index (χ2v) is 6.35. The van der Waals surface area contributed by atoms with Crippen LogP contribution in [0.25, 0.3) is 0 Å². The number of aryl methyl sites for hydroxylation is 1. The van der Waals surface area contributed by atoms with Crippen LogP contribution in [0, 0.1) is 6.92 Å². The van der Waals surface area contributed by atoms with Crippen LogP contribution in [0.5, 0.6) is 0 Å². The summed E-state index contributed by atoms with van der Waals surface area (Å²) in [5.41, 5.74) is 1.72. The Labute approximate surface area is 129 Å². The van der Waals surface area contributed by atoms with Crippen LogP contribution in [0.3, 0.4) is 0 Å². The molecule has 0 radical (unpaired) electrons. The molecule has 0 saturated heterocycles. The minimum atomic E-state index is -0.303. The molecule has 3 nitrogen and oxygen atoms in total. The summed E-state index contributed by atoms with van der Waals surface area (Å²) >= 11 is 4.73. The van der Waals surface area contributed by atoms with Crippen LogP contribution in [-0.4, -0.2) is 18.9 Å². The van der Waals surface area contributed by atoms with Gasteiger partial charge in [-0.25, -0.2) is 0 Å². The first-order valence-electron chi connectivity index (χ1n) is 5.97. The fraction of sp³-hybridized carbons (Fsp3) is 0.200. The largest absolute Gasteiger partial charge is 0.469 e. The average molecular weight is 353 g/mol. The van der Waals surface area contributed by atoms with E-state index in [0.717, 1.165) is 14.9 Å². The molecule has 0 spiro atoms. The molecule has 0 saturated carbocycles. The number of methoxy groups -OCH3 is 1. The second kappa shape index (κ2) is 6.33. The molecule has 0 unspecified atom stereocenters.